The van der Waals surface area contributed by atoms with Gasteiger partial charge < -0.3 is 19.1 Å². The molecule has 0 aromatic heterocycles. The minimum Gasteiger partial charge on any atom is -0.482 e. The molecule has 0 N–H and O–H groups in total. The highest BCUT2D eigenvalue weighted by molar-refractivity contribution is 6.21. The summed E-state index contributed by atoms with van der Waals surface area (Å²) in [4.78, 5) is 40.9. The number of fused-ring (bicyclic) bond motifs is 1. The fourth-order valence-electron chi connectivity index (χ4n) is 7.62. The van der Waals surface area contributed by atoms with Crippen molar-refractivity contribution in [2.75, 3.05) is 26.7 Å². The van der Waals surface area contributed by atoms with Crippen LogP contribution in [0.3, 0.4) is 0 Å². The van der Waals surface area contributed by atoms with E-state index in [-0.39, 0.29) is 35.4 Å². The van der Waals surface area contributed by atoms with E-state index >= 15 is 0 Å². The van der Waals surface area contributed by atoms with Crippen LogP contribution in [0.2, 0.25) is 0 Å². The third-order valence-electron chi connectivity index (χ3n) is 9.33. The zero-order chi connectivity index (χ0) is 26.9. The molecule has 3 aliphatic heterocycles. The molecule has 7 rings (SSSR count). The van der Waals surface area contributed by atoms with Crippen LogP contribution < -0.4 is 9.47 Å². The Bertz CT molecular complexity index is 1380. The van der Waals surface area contributed by atoms with E-state index in [1.165, 1.54) is 23.0 Å². The fourth-order valence-corrected chi connectivity index (χ4v) is 7.62. The molecule has 0 unspecified atom stereocenters. The van der Waals surface area contributed by atoms with Gasteiger partial charge >= 0.3 is 5.97 Å². The molecule has 8 heteroatoms. The Labute approximate surface area is 227 Å². The van der Waals surface area contributed by atoms with Crippen LogP contribution in [0.1, 0.15) is 58.0 Å². The zero-order valence-corrected chi connectivity index (χ0v) is 22.2. The predicted octanol–water partition coefficient (Wildman–Crippen LogP) is 3.52. The van der Waals surface area contributed by atoms with Gasteiger partial charge in [0.1, 0.15) is 12.2 Å². The number of imide groups is 1. The minimum absolute atomic E-state index is 0.203. The van der Waals surface area contributed by atoms with E-state index in [0.717, 1.165) is 19.4 Å². The van der Waals surface area contributed by atoms with Gasteiger partial charge in [-0.05, 0) is 63.0 Å². The van der Waals surface area contributed by atoms with Gasteiger partial charge in [0.25, 0.3) is 11.8 Å². The van der Waals surface area contributed by atoms with Crippen LogP contribution >= 0.6 is 0 Å². The first-order valence-electron chi connectivity index (χ1n) is 13.9. The lowest BCUT2D eigenvalue weighted by Gasteiger charge is -2.56. The molecule has 2 bridgehead atoms. The van der Waals surface area contributed by atoms with Crippen molar-refractivity contribution in [3.63, 3.8) is 0 Å². The van der Waals surface area contributed by atoms with Crippen LogP contribution in [0.25, 0.3) is 0 Å². The van der Waals surface area contributed by atoms with Crippen LogP contribution in [0.4, 0.5) is 0 Å². The molecule has 1 fully saturated rings. The van der Waals surface area contributed by atoms with Crippen LogP contribution in [0.15, 0.2) is 48.6 Å². The minimum atomic E-state index is -0.361. The highest BCUT2D eigenvalue weighted by atomic mass is 16.6. The number of likely N-dealkylation sites (N-methyl/N-ethyl adjacent to an activating group) is 1. The van der Waals surface area contributed by atoms with Crippen LogP contribution in [0, 0.1) is 5.92 Å². The van der Waals surface area contributed by atoms with Crippen molar-refractivity contribution in [2.24, 2.45) is 5.92 Å². The molecule has 202 valence electrons. The van der Waals surface area contributed by atoms with Gasteiger partial charge in [0.2, 0.25) is 0 Å². The van der Waals surface area contributed by atoms with Crippen LogP contribution in [0.5, 0.6) is 11.5 Å². The van der Waals surface area contributed by atoms with Crippen molar-refractivity contribution >= 4 is 17.8 Å². The molecule has 5 atom stereocenters. The SMILES string of the molecule is CC(=O)Oc1ccc2c3c1O[C@H]1[C@@H](OCCCCN4C(=O)c5ccccc5C4=O)C=C[C@H]4[C@@H](C2)N(C)CC[C@@]341. The Morgan fingerprint density at radius 3 is 2.59 bits per heavy atom. The second kappa shape index (κ2) is 9.03. The first-order chi connectivity index (χ1) is 18.9. The molecule has 2 amide bonds. The summed E-state index contributed by atoms with van der Waals surface area (Å²) in [6, 6.07) is 11.3. The van der Waals surface area contributed by atoms with Gasteiger partial charge in [0.05, 0.1) is 11.1 Å². The van der Waals surface area contributed by atoms with Crippen molar-refractivity contribution < 1.29 is 28.6 Å². The molecule has 8 nitrogen and oxygen atoms in total. The monoisotopic (exact) mass is 528 g/mol. The van der Waals surface area contributed by atoms with Crippen molar-refractivity contribution in [3.8, 4) is 11.5 Å². The molecule has 2 aromatic rings. The summed E-state index contributed by atoms with van der Waals surface area (Å²) in [5.41, 5.74) is 3.22. The highest BCUT2D eigenvalue weighted by Crippen LogP contribution is 2.62. The predicted molar refractivity (Wildman–Crippen MR) is 142 cm³/mol. The molecule has 1 spiro atoms. The van der Waals surface area contributed by atoms with Gasteiger partial charge in [0.15, 0.2) is 11.5 Å². The average molecular weight is 529 g/mol. The Morgan fingerprint density at radius 1 is 1.08 bits per heavy atom. The van der Waals surface area contributed by atoms with Crippen molar-refractivity contribution in [2.45, 2.75) is 56.3 Å². The molecule has 0 saturated carbocycles. The summed E-state index contributed by atoms with van der Waals surface area (Å²) in [6.45, 7) is 3.24. The summed E-state index contributed by atoms with van der Waals surface area (Å²) in [5.74, 6) is 0.686. The lowest BCUT2D eigenvalue weighted by atomic mass is 9.53. The number of unbranched alkanes of at least 4 members (excludes halogenated alkanes) is 1. The average Bonchev–Trinajstić information content (AvgIpc) is 3.40. The number of ether oxygens (including phenoxy) is 3. The number of benzene rings is 2. The number of carbonyl (C=O) groups is 3. The lowest BCUT2D eigenvalue weighted by molar-refractivity contribution is -0.132. The van der Waals surface area contributed by atoms with Crippen molar-refractivity contribution in [1.29, 1.82) is 0 Å². The maximum Gasteiger partial charge on any atom is 0.308 e. The molecule has 0 radical (unpaired) electrons. The van der Waals surface area contributed by atoms with Gasteiger partial charge in [-0.15, -0.1) is 0 Å². The second-order valence-electron chi connectivity index (χ2n) is 11.4. The number of esters is 1. The summed E-state index contributed by atoms with van der Waals surface area (Å²) < 4.78 is 18.7. The van der Waals surface area contributed by atoms with Gasteiger partial charge in [-0.25, -0.2) is 0 Å². The van der Waals surface area contributed by atoms with E-state index in [1.807, 2.05) is 6.07 Å². The third kappa shape index (κ3) is 3.54. The molecular formula is C31H32N2O6. The number of nitrogens with zero attached hydrogens (tertiary/aromatic N) is 2. The van der Waals surface area contributed by atoms with Crippen LogP contribution in [-0.4, -0.2) is 72.6 Å². The third-order valence-corrected chi connectivity index (χ3v) is 9.33. The molecule has 2 aliphatic carbocycles. The number of likely N-dealkylation sites (tertiary alicyclic amines) is 1. The van der Waals surface area contributed by atoms with Gasteiger partial charge in [0, 0.05) is 43.0 Å². The Kier molecular flexibility index (Phi) is 5.68. The Balaban J connectivity index is 1.07. The maximum absolute atomic E-state index is 12.6. The molecule has 5 aliphatic rings. The number of rotatable bonds is 7. The number of piperidine rings is 1. The summed E-state index contributed by atoms with van der Waals surface area (Å²) in [5, 5.41) is 0. The fraction of sp³-hybridized carbons (Fsp3) is 0.452. The molecule has 2 aromatic carbocycles. The molecule has 1 saturated heterocycles. The summed E-state index contributed by atoms with van der Waals surface area (Å²) >= 11 is 0. The number of amides is 2. The Morgan fingerprint density at radius 2 is 1.85 bits per heavy atom. The normalized spacial score (nSPS) is 29.7. The maximum atomic E-state index is 12.6. The standard InChI is InChI=1S/C31H32N2O6/c1-18(34)38-24-11-9-19-17-23-22-10-12-25(28-31(22,13-15-32(23)2)26(19)27(24)39-28)37-16-6-5-14-33-29(35)20-7-3-4-8-21(20)30(33)36/h3-4,7-12,22-23,25,28H,5-6,13-17H2,1-2H3/t22-,23+,25-,28-,31-/m0/s1. The number of carbonyl (C=O) groups excluding carboxylic acids is 3. The second-order valence-corrected chi connectivity index (χ2v) is 11.4. The van der Waals surface area contributed by atoms with E-state index in [1.54, 1.807) is 24.3 Å². The van der Waals surface area contributed by atoms with Crippen molar-refractivity contribution in [1.82, 2.24) is 9.80 Å². The van der Waals surface area contributed by atoms with Crippen molar-refractivity contribution in [3.05, 3.63) is 70.8 Å². The van der Waals surface area contributed by atoms with Crippen LogP contribution in [-0.2, 0) is 21.4 Å². The zero-order valence-electron chi connectivity index (χ0n) is 22.2. The van der Waals surface area contributed by atoms with Gasteiger partial charge in [-0.3, -0.25) is 19.3 Å². The first-order valence-corrected chi connectivity index (χ1v) is 13.9. The lowest BCUT2D eigenvalue weighted by Crippen LogP contribution is -2.65. The molecule has 3 heterocycles. The van der Waals surface area contributed by atoms with E-state index in [0.29, 0.717) is 60.6 Å². The smallest absolute Gasteiger partial charge is 0.308 e. The number of hydrogen-bond acceptors (Lipinski definition) is 7. The molecular weight excluding hydrogens is 496 g/mol. The summed E-state index contributed by atoms with van der Waals surface area (Å²) in [7, 11) is 2.20. The van der Waals surface area contributed by atoms with E-state index < -0.39 is 0 Å². The van der Waals surface area contributed by atoms with E-state index in [4.69, 9.17) is 14.2 Å². The van der Waals surface area contributed by atoms with Gasteiger partial charge in [-0.2, -0.15) is 0 Å². The quantitative estimate of drug-likeness (QED) is 0.179. The largest absolute Gasteiger partial charge is 0.482 e. The molecule has 39 heavy (non-hydrogen) atoms. The first kappa shape index (κ1) is 24.5. The Hall–Kier alpha value is -3.49. The number of hydrogen-bond donors (Lipinski definition) is 0. The van der Waals surface area contributed by atoms with Gasteiger partial charge in [-0.1, -0.05) is 30.4 Å². The van der Waals surface area contributed by atoms with E-state index in [9.17, 15) is 14.4 Å². The summed E-state index contributed by atoms with van der Waals surface area (Å²) in [6.07, 6.45) is 7.28. The highest BCUT2D eigenvalue weighted by Gasteiger charge is 2.64. The van der Waals surface area contributed by atoms with E-state index in [2.05, 4.69) is 30.2 Å². The topological polar surface area (TPSA) is 85.4 Å².